The molecule has 3 nitrogen and oxygen atoms in total. The third-order valence-corrected chi connectivity index (χ3v) is 4.17. The summed E-state index contributed by atoms with van der Waals surface area (Å²) in [5, 5.41) is 0. The van der Waals surface area contributed by atoms with Crippen LogP contribution in [0.2, 0.25) is 0 Å². The zero-order valence-electron chi connectivity index (χ0n) is 10.9. The highest BCUT2D eigenvalue weighted by atomic mass is 16.3. The van der Waals surface area contributed by atoms with E-state index in [9.17, 15) is 0 Å². The zero-order chi connectivity index (χ0) is 12.3. The van der Waals surface area contributed by atoms with Crippen molar-refractivity contribution in [2.24, 2.45) is 11.7 Å². The Balaban J connectivity index is 2.10. The van der Waals surface area contributed by atoms with Gasteiger partial charge in [-0.2, -0.15) is 0 Å². The molecule has 1 aromatic rings. The van der Waals surface area contributed by atoms with Gasteiger partial charge in [0.15, 0.2) is 0 Å². The van der Waals surface area contributed by atoms with Crippen molar-refractivity contribution in [1.82, 2.24) is 4.90 Å². The topological polar surface area (TPSA) is 42.4 Å². The van der Waals surface area contributed by atoms with Crippen LogP contribution in [0.4, 0.5) is 0 Å². The van der Waals surface area contributed by atoms with Crippen LogP contribution in [0.1, 0.15) is 44.9 Å². The first-order chi connectivity index (χ1) is 8.27. The normalized spacial score (nSPS) is 26.6. The summed E-state index contributed by atoms with van der Waals surface area (Å²) >= 11 is 0. The molecular weight excluding hydrogens is 212 g/mol. The molecule has 3 heteroatoms. The van der Waals surface area contributed by atoms with Crippen molar-refractivity contribution in [3.63, 3.8) is 0 Å². The molecule has 2 N–H and O–H groups in total. The molecule has 96 valence electrons. The molecule has 0 aromatic carbocycles. The largest absolute Gasteiger partial charge is 0.468 e. The lowest BCUT2D eigenvalue weighted by atomic mass is 10.00. The lowest BCUT2D eigenvalue weighted by Gasteiger charge is -2.35. The second-order valence-corrected chi connectivity index (χ2v) is 5.02. The molecule has 0 aliphatic heterocycles. The van der Waals surface area contributed by atoms with E-state index in [1.807, 2.05) is 6.07 Å². The van der Waals surface area contributed by atoms with E-state index in [0.29, 0.717) is 18.0 Å². The third-order valence-electron chi connectivity index (χ3n) is 4.17. The van der Waals surface area contributed by atoms with Gasteiger partial charge < -0.3 is 10.2 Å². The summed E-state index contributed by atoms with van der Waals surface area (Å²) in [5.41, 5.74) is 5.89. The van der Waals surface area contributed by atoms with Gasteiger partial charge in [-0.25, -0.2) is 0 Å². The molecule has 0 amide bonds. The van der Waals surface area contributed by atoms with Gasteiger partial charge in [0.1, 0.15) is 5.76 Å². The van der Waals surface area contributed by atoms with Crippen LogP contribution in [0.15, 0.2) is 22.8 Å². The van der Waals surface area contributed by atoms with Gasteiger partial charge >= 0.3 is 0 Å². The first kappa shape index (κ1) is 12.7. The van der Waals surface area contributed by atoms with E-state index in [4.69, 9.17) is 10.2 Å². The van der Waals surface area contributed by atoms with E-state index in [1.165, 1.54) is 19.3 Å². The Labute approximate surface area is 104 Å². The number of rotatable bonds is 5. The van der Waals surface area contributed by atoms with Gasteiger partial charge in [0.2, 0.25) is 0 Å². The summed E-state index contributed by atoms with van der Waals surface area (Å²) in [6, 6.07) is 5.02. The fraction of sp³-hybridized carbons (Fsp3) is 0.714. The van der Waals surface area contributed by atoms with Crippen LogP contribution in [0.25, 0.3) is 0 Å². The molecule has 1 aliphatic carbocycles. The number of hydrogen-bond acceptors (Lipinski definition) is 3. The molecule has 0 radical (unpaired) electrons. The summed E-state index contributed by atoms with van der Waals surface area (Å²) in [4.78, 5) is 2.54. The second-order valence-electron chi connectivity index (χ2n) is 5.02. The highest BCUT2D eigenvalue weighted by Crippen LogP contribution is 2.34. The average Bonchev–Trinajstić information content (AvgIpc) is 3.01. The van der Waals surface area contributed by atoms with Crippen molar-refractivity contribution >= 4 is 0 Å². The van der Waals surface area contributed by atoms with Crippen LogP contribution >= 0.6 is 0 Å². The summed E-state index contributed by atoms with van der Waals surface area (Å²) < 4.78 is 5.53. The van der Waals surface area contributed by atoms with Gasteiger partial charge in [0, 0.05) is 6.04 Å². The summed E-state index contributed by atoms with van der Waals surface area (Å²) in [6.07, 6.45) is 5.63. The van der Waals surface area contributed by atoms with Crippen molar-refractivity contribution in [2.45, 2.75) is 45.2 Å². The fourth-order valence-electron chi connectivity index (χ4n) is 3.22. The van der Waals surface area contributed by atoms with E-state index in [1.54, 1.807) is 6.26 Å². The molecule has 2 rings (SSSR count). The first-order valence-corrected chi connectivity index (χ1v) is 6.77. The molecule has 1 fully saturated rings. The molecule has 1 heterocycles. The van der Waals surface area contributed by atoms with Crippen molar-refractivity contribution in [3.05, 3.63) is 24.2 Å². The van der Waals surface area contributed by atoms with Crippen molar-refractivity contribution in [2.75, 3.05) is 13.1 Å². The Bertz CT molecular complexity index is 323. The van der Waals surface area contributed by atoms with Crippen LogP contribution in [0.3, 0.4) is 0 Å². The lowest BCUT2D eigenvalue weighted by Crippen LogP contribution is -2.41. The van der Waals surface area contributed by atoms with Gasteiger partial charge in [-0.1, -0.05) is 13.3 Å². The van der Waals surface area contributed by atoms with Crippen LogP contribution in [0.5, 0.6) is 0 Å². The van der Waals surface area contributed by atoms with Gasteiger partial charge in [0.05, 0.1) is 12.3 Å². The molecular formula is C14H24N2O. The fourth-order valence-corrected chi connectivity index (χ4v) is 3.22. The lowest BCUT2D eigenvalue weighted by molar-refractivity contribution is 0.110. The maximum absolute atomic E-state index is 5.89. The minimum atomic E-state index is 0.354. The maximum Gasteiger partial charge on any atom is 0.120 e. The van der Waals surface area contributed by atoms with E-state index in [2.05, 4.69) is 24.8 Å². The SMILES string of the molecule is CCN(C(C)c1ccco1)C1CCCC1CN. The average molecular weight is 236 g/mol. The zero-order valence-corrected chi connectivity index (χ0v) is 10.9. The Hall–Kier alpha value is -0.800. The summed E-state index contributed by atoms with van der Waals surface area (Å²) in [6.45, 7) is 6.33. The van der Waals surface area contributed by atoms with E-state index in [-0.39, 0.29) is 0 Å². The standard InChI is InChI=1S/C14H24N2O/c1-3-16(11(2)14-8-5-9-17-14)13-7-4-6-12(13)10-15/h5,8-9,11-13H,3-4,6-7,10,15H2,1-2H3. The molecule has 3 unspecified atom stereocenters. The number of nitrogens with zero attached hydrogens (tertiary/aromatic N) is 1. The highest BCUT2D eigenvalue weighted by Gasteiger charge is 2.33. The van der Waals surface area contributed by atoms with Crippen molar-refractivity contribution < 1.29 is 4.42 Å². The highest BCUT2D eigenvalue weighted by molar-refractivity contribution is 5.05. The van der Waals surface area contributed by atoms with Crippen molar-refractivity contribution in [1.29, 1.82) is 0 Å². The molecule has 1 aliphatic rings. The quantitative estimate of drug-likeness (QED) is 0.854. The molecule has 0 bridgehead atoms. The molecule has 0 saturated heterocycles. The first-order valence-electron chi connectivity index (χ1n) is 6.77. The molecule has 1 aromatic heterocycles. The smallest absolute Gasteiger partial charge is 0.120 e. The molecule has 3 atom stereocenters. The van der Waals surface area contributed by atoms with Crippen LogP contribution in [-0.2, 0) is 0 Å². The van der Waals surface area contributed by atoms with Gasteiger partial charge in [-0.05, 0) is 50.9 Å². The molecule has 17 heavy (non-hydrogen) atoms. The van der Waals surface area contributed by atoms with Crippen LogP contribution in [0, 0.1) is 5.92 Å². The van der Waals surface area contributed by atoms with Gasteiger partial charge in [-0.3, -0.25) is 4.90 Å². The number of nitrogens with two attached hydrogens (primary N) is 1. The van der Waals surface area contributed by atoms with E-state index < -0.39 is 0 Å². The van der Waals surface area contributed by atoms with E-state index >= 15 is 0 Å². The van der Waals surface area contributed by atoms with Crippen LogP contribution < -0.4 is 5.73 Å². The third kappa shape index (κ3) is 2.55. The predicted molar refractivity (Wildman–Crippen MR) is 69.7 cm³/mol. The van der Waals surface area contributed by atoms with Crippen molar-refractivity contribution in [3.8, 4) is 0 Å². The Morgan fingerprint density at radius 3 is 2.94 bits per heavy atom. The Morgan fingerprint density at radius 1 is 1.53 bits per heavy atom. The monoisotopic (exact) mass is 236 g/mol. The van der Waals surface area contributed by atoms with Gasteiger partial charge in [-0.15, -0.1) is 0 Å². The molecule has 1 saturated carbocycles. The Morgan fingerprint density at radius 2 is 2.35 bits per heavy atom. The summed E-state index contributed by atoms with van der Waals surface area (Å²) in [5.74, 6) is 1.72. The number of hydrogen-bond donors (Lipinski definition) is 1. The van der Waals surface area contributed by atoms with Gasteiger partial charge in [0.25, 0.3) is 0 Å². The summed E-state index contributed by atoms with van der Waals surface area (Å²) in [7, 11) is 0. The van der Waals surface area contributed by atoms with E-state index in [0.717, 1.165) is 18.8 Å². The van der Waals surface area contributed by atoms with Crippen LogP contribution in [-0.4, -0.2) is 24.0 Å². The minimum Gasteiger partial charge on any atom is -0.468 e. The predicted octanol–water partition coefficient (Wildman–Crippen LogP) is 2.79. The Kier molecular flexibility index (Phi) is 4.24. The second kappa shape index (κ2) is 5.69. The molecule has 0 spiro atoms. The maximum atomic E-state index is 5.89. The minimum absolute atomic E-state index is 0.354. The number of furan rings is 1.